The van der Waals surface area contributed by atoms with Crippen molar-refractivity contribution in [1.82, 2.24) is 5.32 Å². The first kappa shape index (κ1) is 15.3. The van der Waals surface area contributed by atoms with E-state index >= 15 is 0 Å². The number of rotatable bonds is 6. The van der Waals surface area contributed by atoms with Gasteiger partial charge in [-0.15, -0.1) is 0 Å². The Morgan fingerprint density at radius 2 is 2.06 bits per heavy atom. The summed E-state index contributed by atoms with van der Waals surface area (Å²) < 4.78 is 1.22. The number of carbonyl (C=O) groups excluding carboxylic acids is 1. The molecule has 1 aliphatic carbocycles. The van der Waals surface area contributed by atoms with Gasteiger partial charge in [0.15, 0.2) is 0 Å². The number of amides is 1. The minimum absolute atomic E-state index is 0.199. The van der Waals surface area contributed by atoms with Crippen molar-refractivity contribution in [3.8, 4) is 0 Å². The Morgan fingerprint density at radius 1 is 1.29 bits per heavy atom. The van der Waals surface area contributed by atoms with Crippen molar-refractivity contribution in [3.63, 3.8) is 0 Å². The van der Waals surface area contributed by atoms with E-state index in [9.17, 15) is 4.79 Å². The van der Waals surface area contributed by atoms with Crippen LogP contribution in [-0.2, 0) is 4.79 Å². The molecule has 0 aromatic carbocycles. The van der Waals surface area contributed by atoms with Crippen LogP contribution < -0.4 is 5.32 Å². The van der Waals surface area contributed by atoms with Crippen LogP contribution in [-0.4, -0.2) is 16.9 Å². The first-order chi connectivity index (χ1) is 8.08. The summed E-state index contributed by atoms with van der Waals surface area (Å²) in [7, 11) is 0. The Hall–Kier alpha value is 0.200. The second kappa shape index (κ2) is 7.59. The van der Waals surface area contributed by atoms with Gasteiger partial charge in [0.25, 0.3) is 0 Å². The highest BCUT2D eigenvalue weighted by Gasteiger charge is 2.36. The largest absolute Gasteiger partial charge is 0.356 e. The average Bonchev–Trinajstić information content (AvgIpc) is 2.28. The Morgan fingerprint density at radius 3 is 2.71 bits per heavy atom. The van der Waals surface area contributed by atoms with Crippen molar-refractivity contribution >= 4 is 28.5 Å². The molecule has 0 spiro atoms. The van der Waals surface area contributed by atoms with E-state index in [2.05, 4.69) is 41.8 Å². The molecule has 0 bridgehead atoms. The summed E-state index contributed by atoms with van der Waals surface area (Å²) in [5.41, 5.74) is 0.199. The third kappa shape index (κ3) is 5.14. The molecule has 0 aromatic heterocycles. The summed E-state index contributed by atoms with van der Waals surface area (Å²) in [6, 6.07) is 0. The highest BCUT2D eigenvalue weighted by atomic mass is 127. The van der Waals surface area contributed by atoms with Crippen molar-refractivity contribution in [2.24, 2.45) is 11.3 Å². The fraction of sp³-hybridized carbons (Fsp3) is 0.929. The zero-order valence-corrected chi connectivity index (χ0v) is 13.4. The van der Waals surface area contributed by atoms with Gasteiger partial charge in [-0.25, -0.2) is 0 Å². The van der Waals surface area contributed by atoms with Gasteiger partial charge in [0.1, 0.15) is 0 Å². The molecule has 3 heteroatoms. The second-order valence-corrected chi connectivity index (χ2v) is 6.91. The number of unbranched alkanes of at least 4 members (excludes halogenated alkanes) is 2. The molecule has 0 saturated heterocycles. The highest BCUT2D eigenvalue weighted by molar-refractivity contribution is 14.1. The van der Waals surface area contributed by atoms with Crippen molar-refractivity contribution in [2.75, 3.05) is 11.0 Å². The molecule has 2 nitrogen and oxygen atoms in total. The standard InChI is InChI=1S/C14H26INO/c1-14(2)9-5-4-8-12(14)13(17)16-11-7-3-6-10-15/h12H,3-11H2,1-2H3,(H,16,17). The van der Waals surface area contributed by atoms with E-state index in [-0.39, 0.29) is 11.3 Å². The molecular weight excluding hydrogens is 325 g/mol. The van der Waals surface area contributed by atoms with Crippen LogP contribution in [0.4, 0.5) is 0 Å². The zero-order chi connectivity index (χ0) is 12.7. The van der Waals surface area contributed by atoms with E-state index in [0.717, 1.165) is 19.4 Å². The molecule has 0 aromatic rings. The molecule has 1 amide bonds. The Kier molecular flexibility index (Phi) is 6.82. The maximum absolute atomic E-state index is 12.1. The van der Waals surface area contributed by atoms with Crippen LogP contribution >= 0.6 is 22.6 Å². The number of alkyl halides is 1. The number of hydrogen-bond acceptors (Lipinski definition) is 1. The van der Waals surface area contributed by atoms with Crippen LogP contribution in [0.5, 0.6) is 0 Å². The van der Waals surface area contributed by atoms with Crippen LogP contribution in [0.25, 0.3) is 0 Å². The third-order valence-electron chi connectivity index (χ3n) is 3.93. The minimum atomic E-state index is 0.199. The van der Waals surface area contributed by atoms with Crippen molar-refractivity contribution in [2.45, 2.75) is 58.8 Å². The van der Waals surface area contributed by atoms with Gasteiger partial charge in [0, 0.05) is 12.5 Å². The zero-order valence-electron chi connectivity index (χ0n) is 11.2. The van der Waals surface area contributed by atoms with Gasteiger partial charge in [-0.05, 0) is 35.5 Å². The van der Waals surface area contributed by atoms with Gasteiger partial charge < -0.3 is 5.32 Å². The molecule has 1 N–H and O–H groups in total. The Labute approximate surface area is 119 Å². The van der Waals surface area contributed by atoms with Gasteiger partial charge in [-0.2, -0.15) is 0 Å². The molecule has 1 unspecified atom stereocenters. The lowest BCUT2D eigenvalue weighted by atomic mass is 9.68. The van der Waals surface area contributed by atoms with Gasteiger partial charge in [-0.3, -0.25) is 4.79 Å². The van der Waals surface area contributed by atoms with Crippen LogP contribution in [0, 0.1) is 11.3 Å². The predicted molar refractivity (Wildman–Crippen MR) is 81.5 cm³/mol. The second-order valence-electron chi connectivity index (χ2n) is 5.83. The molecule has 17 heavy (non-hydrogen) atoms. The Balaban J connectivity index is 2.26. The molecule has 1 rings (SSSR count). The Bertz CT molecular complexity index is 240. The molecule has 0 radical (unpaired) electrons. The van der Waals surface area contributed by atoms with Crippen LogP contribution in [0.2, 0.25) is 0 Å². The monoisotopic (exact) mass is 351 g/mol. The molecule has 1 atom stereocenters. The van der Waals surface area contributed by atoms with Gasteiger partial charge >= 0.3 is 0 Å². The van der Waals surface area contributed by atoms with Crippen molar-refractivity contribution in [3.05, 3.63) is 0 Å². The fourth-order valence-corrected chi connectivity index (χ4v) is 3.25. The van der Waals surface area contributed by atoms with Crippen LogP contribution in [0.15, 0.2) is 0 Å². The minimum Gasteiger partial charge on any atom is -0.356 e. The van der Waals surface area contributed by atoms with Crippen LogP contribution in [0.3, 0.4) is 0 Å². The van der Waals surface area contributed by atoms with Crippen LogP contribution in [0.1, 0.15) is 58.8 Å². The molecule has 0 aliphatic heterocycles. The van der Waals surface area contributed by atoms with Gasteiger partial charge in [0.05, 0.1) is 0 Å². The third-order valence-corrected chi connectivity index (χ3v) is 4.70. The summed E-state index contributed by atoms with van der Waals surface area (Å²) in [5.74, 6) is 0.532. The molecule has 100 valence electrons. The number of halogens is 1. The smallest absolute Gasteiger partial charge is 0.223 e. The maximum atomic E-state index is 12.1. The first-order valence-electron chi connectivity index (χ1n) is 6.91. The lowest BCUT2D eigenvalue weighted by Gasteiger charge is -2.37. The summed E-state index contributed by atoms with van der Waals surface area (Å²) in [4.78, 5) is 12.1. The maximum Gasteiger partial charge on any atom is 0.223 e. The van der Waals surface area contributed by atoms with E-state index in [1.165, 1.54) is 36.5 Å². The van der Waals surface area contributed by atoms with E-state index in [4.69, 9.17) is 0 Å². The number of hydrogen-bond donors (Lipinski definition) is 1. The lowest BCUT2D eigenvalue weighted by Crippen LogP contribution is -2.41. The highest BCUT2D eigenvalue weighted by Crippen LogP contribution is 2.40. The van der Waals surface area contributed by atoms with Crippen molar-refractivity contribution in [1.29, 1.82) is 0 Å². The molecule has 0 heterocycles. The summed E-state index contributed by atoms with van der Waals surface area (Å²) >= 11 is 2.40. The molecule has 1 aliphatic rings. The van der Waals surface area contributed by atoms with E-state index < -0.39 is 0 Å². The topological polar surface area (TPSA) is 29.1 Å². The van der Waals surface area contributed by atoms with Crippen molar-refractivity contribution < 1.29 is 4.79 Å². The normalized spacial score (nSPS) is 23.4. The van der Waals surface area contributed by atoms with Gasteiger partial charge in [0.2, 0.25) is 5.91 Å². The summed E-state index contributed by atoms with van der Waals surface area (Å²) in [6.07, 6.45) is 8.40. The first-order valence-corrected chi connectivity index (χ1v) is 8.44. The quantitative estimate of drug-likeness (QED) is 0.439. The molecule has 1 saturated carbocycles. The molecule has 1 fully saturated rings. The number of nitrogens with one attached hydrogen (secondary N) is 1. The number of carbonyl (C=O) groups is 1. The fourth-order valence-electron chi connectivity index (χ4n) is 2.71. The SMILES string of the molecule is CC1(C)CCCCC1C(=O)NCCCCCI. The van der Waals surface area contributed by atoms with E-state index in [0.29, 0.717) is 5.91 Å². The summed E-state index contributed by atoms with van der Waals surface area (Å²) in [6.45, 7) is 5.35. The molecular formula is C14H26INO. The predicted octanol–water partition coefficient (Wildman–Crippen LogP) is 3.92. The lowest BCUT2D eigenvalue weighted by molar-refractivity contribution is -0.130. The summed E-state index contributed by atoms with van der Waals surface area (Å²) in [5, 5.41) is 3.13. The van der Waals surface area contributed by atoms with E-state index in [1.807, 2.05) is 0 Å². The van der Waals surface area contributed by atoms with E-state index in [1.54, 1.807) is 0 Å². The average molecular weight is 351 g/mol. The van der Waals surface area contributed by atoms with Gasteiger partial charge in [-0.1, -0.05) is 55.7 Å².